The van der Waals surface area contributed by atoms with Gasteiger partial charge in [0, 0.05) is 11.7 Å². The summed E-state index contributed by atoms with van der Waals surface area (Å²) in [6, 6.07) is 2.47. The van der Waals surface area contributed by atoms with Crippen molar-refractivity contribution in [2.24, 2.45) is 10.9 Å². The van der Waals surface area contributed by atoms with E-state index < -0.39 is 0 Å². The van der Waals surface area contributed by atoms with E-state index in [0.717, 1.165) is 24.2 Å². The number of nitrogens with zero attached hydrogens (tertiary/aromatic N) is 3. The van der Waals surface area contributed by atoms with Crippen LogP contribution in [0.25, 0.3) is 0 Å². The van der Waals surface area contributed by atoms with Crippen molar-refractivity contribution in [2.45, 2.75) is 39.2 Å². The van der Waals surface area contributed by atoms with Gasteiger partial charge in [0.15, 0.2) is 5.84 Å². The topological polar surface area (TPSA) is 84.0 Å². The maximum Gasteiger partial charge on any atom is 0.225 e. The Hall–Kier alpha value is -1.82. The zero-order valence-electron chi connectivity index (χ0n) is 13.0. The molecule has 0 bridgehead atoms. The number of oxime groups is 1. The average molecular weight is 292 g/mol. The molecule has 1 saturated heterocycles. The second kappa shape index (κ2) is 6.76. The largest absolute Gasteiger partial charge is 0.477 e. The SMILES string of the molecule is Cc1cc(C)c(C(N)=NO)c(OCCC2CCCN2C)n1. The molecule has 1 aliphatic heterocycles. The maximum atomic E-state index is 8.91. The molecule has 6 heteroatoms. The van der Waals surface area contributed by atoms with E-state index in [9.17, 15) is 0 Å². The van der Waals surface area contributed by atoms with E-state index >= 15 is 0 Å². The molecule has 3 N–H and O–H groups in total. The second-order valence-corrected chi connectivity index (χ2v) is 5.66. The predicted octanol–water partition coefficient (Wildman–Crippen LogP) is 1.66. The fourth-order valence-corrected chi connectivity index (χ4v) is 2.90. The third-order valence-electron chi connectivity index (χ3n) is 4.04. The highest BCUT2D eigenvalue weighted by molar-refractivity contribution is 6.00. The highest BCUT2D eigenvalue weighted by atomic mass is 16.5. The average Bonchev–Trinajstić information content (AvgIpc) is 2.83. The van der Waals surface area contributed by atoms with Gasteiger partial charge in [-0.1, -0.05) is 5.16 Å². The lowest BCUT2D eigenvalue weighted by Crippen LogP contribution is -2.27. The van der Waals surface area contributed by atoms with Gasteiger partial charge in [0.2, 0.25) is 5.88 Å². The fourth-order valence-electron chi connectivity index (χ4n) is 2.90. The molecule has 21 heavy (non-hydrogen) atoms. The standard InChI is InChI=1S/C15H24N4O2/c1-10-9-11(2)17-15(13(10)14(16)18-20)21-8-6-12-5-4-7-19(12)3/h9,12,20H,4-8H2,1-3H3,(H2,16,18). The summed E-state index contributed by atoms with van der Waals surface area (Å²) in [5.74, 6) is 0.483. The van der Waals surface area contributed by atoms with Gasteiger partial charge < -0.3 is 20.6 Å². The zero-order valence-corrected chi connectivity index (χ0v) is 13.0. The Kier molecular flexibility index (Phi) is 5.01. The normalized spacial score (nSPS) is 20.0. The molecule has 0 radical (unpaired) electrons. The lowest BCUT2D eigenvalue weighted by Gasteiger charge is -2.20. The van der Waals surface area contributed by atoms with Crippen LogP contribution >= 0.6 is 0 Å². The van der Waals surface area contributed by atoms with E-state index in [1.54, 1.807) is 0 Å². The molecule has 1 fully saturated rings. The monoisotopic (exact) mass is 292 g/mol. The Morgan fingerprint density at radius 1 is 1.57 bits per heavy atom. The number of nitrogens with two attached hydrogens (primary N) is 1. The summed E-state index contributed by atoms with van der Waals surface area (Å²) in [6.07, 6.45) is 3.42. The molecule has 0 aliphatic carbocycles. The first-order chi connectivity index (χ1) is 10.0. The van der Waals surface area contributed by atoms with Gasteiger partial charge in [0.05, 0.1) is 12.2 Å². The molecule has 0 spiro atoms. The maximum absolute atomic E-state index is 8.91. The molecular formula is C15H24N4O2. The van der Waals surface area contributed by atoms with Crippen molar-refractivity contribution >= 4 is 5.84 Å². The van der Waals surface area contributed by atoms with Gasteiger partial charge in [-0.15, -0.1) is 0 Å². The summed E-state index contributed by atoms with van der Waals surface area (Å²) in [5.41, 5.74) is 8.06. The van der Waals surface area contributed by atoms with Crippen molar-refractivity contribution in [2.75, 3.05) is 20.2 Å². The van der Waals surface area contributed by atoms with Gasteiger partial charge in [0.1, 0.15) is 0 Å². The van der Waals surface area contributed by atoms with E-state index in [1.165, 1.54) is 12.8 Å². The van der Waals surface area contributed by atoms with E-state index in [2.05, 4.69) is 22.1 Å². The molecule has 116 valence electrons. The smallest absolute Gasteiger partial charge is 0.225 e. The van der Waals surface area contributed by atoms with Crippen LogP contribution in [-0.4, -0.2) is 47.2 Å². The molecule has 2 rings (SSSR count). The van der Waals surface area contributed by atoms with E-state index in [0.29, 0.717) is 24.1 Å². The lowest BCUT2D eigenvalue weighted by atomic mass is 10.1. The molecule has 6 nitrogen and oxygen atoms in total. The quantitative estimate of drug-likeness (QED) is 0.373. The summed E-state index contributed by atoms with van der Waals surface area (Å²) in [7, 11) is 2.15. The first-order valence-corrected chi connectivity index (χ1v) is 7.32. The summed E-state index contributed by atoms with van der Waals surface area (Å²) in [4.78, 5) is 6.74. The third kappa shape index (κ3) is 3.64. The van der Waals surface area contributed by atoms with E-state index in [1.807, 2.05) is 19.9 Å². The predicted molar refractivity (Wildman–Crippen MR) is 82.0 cm³/mol. The van der Waals surface area contributed by atoms with Crippen molar-refractivity contribution < 1.29 is 9.94 Å². The van der Waals surface area contributed by atoms with Gasteiger partial charge in [-0.2, -0.15) is 0 Å². The van der Waals surface area contributed by atoms with Crippen molar-refractivity contribution in [3.63, 3.8) is 0 Å². The van der Waals surface area contributed by atoms with Crippen molar-refractivity contribution in [3.8, 4) is 5.88 Å². The van der Waals surface area contributed by atoms with Crippen LogP contribution in [0.1, 0.15) is 36.1 Å². The number of aryl methyl sites for hydroxylation is 2. The van der Waals surface area contributed by atoms with Gasteiger partial charge in [-0.25, -0.2) is 4.98 Å². The van der Waals surface area contributed by atoms with Gasteiger partial charge in [-0.3, -0.25) is 0 Å². The van der Waals surface area contributed by atoms with Crippen molar-refractivity contribution in [1.29, 1.82) is 0 Å². The van der Waals surface area contributed by atoms with Crippen LogP contribution in [0.5, 0.6) is 5.88 Å². The van der Waals surface area contributed by atoms with Gasteiger partial charge >= 0.3 is 0 Å². The number of hydrogen-bond donors (Lipinski definition) is 2. The van der Waals surface area contributed by atoms with Crippen LogP contribution in [0.15, 0.2) is 11.2 Å². The third-order valence-corrected chi connectivity index (χ3v) is 4.04. The van der Waals surface area contributed by atoms with Gasteiger partial charge in [-0.05, 0) is 58.3 Å². The Morgan fingerprint density at radius 3 is 2.95 bits per heavy atom. The zero-order chi connectivity index (χ0) is 15.4. The molecule has 0 saturated carbocycles. The summed E-state index contributed by atoms with van der Waals surface area (Å²) in [5, 5.41) is 12.0. The van der Waals surface area contributed by atoms with Crippen LogP contribution in [0.2, 0.25) is 0 Å². The van der Waals surface area contributed by atoms with E-state index in [4.69, 9.17) is 15.7 Å². The van der Waals surface area contributed by atoms with Crippen LogP contribution < -0.4 is 10.5 Å². The van der Waals surface area contributed by atoms with Crippen molar-refractivity contribution in [1.82, 2.24) is 9.88 Å². The molecule has 1 unspecified atom stereocenters. The Labute approximate surface area is 125 Å². The molecule has 0 aromatic carbocycles. The van der Waals surface area contributed by atoms with E-state index in [-0.39, 0.29) is 5.84 Å². The van der Waals surface area contributed by atoms with Crippen LogP contribution in [-0.2, 0) is 0 Å². The summed E-state index contributed by atoms with van der Waals surface area (Å²) in [6.45, 7) is 5.54. The number of ether oxygens (including phenoxy) is 1. The number of rotatable bonds is 5. The van der Waals surface area contributed by atoms with Crippen LogP contribution in [0.4, 0.5) is 0 Å². The Morgan fingerprint density at radius 2 is 2.33 bits per heavy atom. The number of amidine groups is 1. The van der Waals surface area contributed by atoms with Crippen LogP contribution in [0, 0.1) is 13.8 Å². The minimum Gasteiger partial charge on any atom is -0.477 e. The molecule has 1 aliphatic rings. The summed E-state index contributed by atoms with van der Waals surface area (Å²) >= 11 is 0. The molecule has 0 amide bonds. The highest BCUT2D eigenvalue weighted by Gasteiger charge is 2.21. The lowest BCUT2D eigenvalue weighted by molar-refractivity contribution is 0.228. The minimum absolute atomic E-state index is 0.0352. The molecular weight excluding hydrogens is 268 g/mol. The summed E-state index contributed by atoms with van der Waals surface area (Å²) < 4.78 is 5.82. The Balaban J connectivity index is 2.08. The number of hydrogen-bond acceptors (Lipinski definition) is 5. The highest BCUT2D eigenvalue weighted by Crippen LogP contribution is 2.22. The van der Waals surface area contributed by atoms with Crippen LogP contribution in [0.3, 0.4) is 0 Å². The number of likely N-dealkylation sites (tertiary alicyclic amines) is 1. The van der Waals surface area contributed by atoms with Crippen molar-refractivity contribution in [3.05, 3.63) is 22.9 Å². The minimum atomic E-state index is 0.0352. The molecule has 1 aromatic rings. The van der Waals surface area contributed by atoms with Gasteiger partial charge in [0.25, 0.3) is 0 Å². The number of aromatic nitrogens is 1. The Bertz CT molecular complexity index is 531. The first-order valence-electron chi connectivity index (χ1n) is 7.32. The second-order valence-electron chi connectivity index (χ2n) is 5.66. The number of pyridine rings is 1. The molecule has 2 heterocycles. The molecule has 1 atom stereocenters. The molecule has 1 aromatic heterocycles. The first kappa shape index (κ1) is 15.6. The fraction of sp³-hybridized carbons (Fsp3) is 0.600.